The van der Waals surface area contributed by atoms with E-state index >= 15 is 0 Å². The largest absolute Gasteiger partial charge is 0.481 e. The Morgan fingerprint density at radius 1 is 1.04 bits per heavy atom. The molecule has 2 aromatic rings. The smallest absolute Gasteiger partial charge is 0.265 e. The molecule has 5 heteroatoms. The Morgan fingerprint density at radius 3 is 2.35 bits per heavy atom. The van der Waals surface area contributed by atoms with Crippen LogP contribution < -0.4 is 15.4 Å². The van der Waals surface area contributed by atoms with Gasteiger partial charge in [-0.15, -0.1) is 0 Å². The van der Waals surface area contributed by atoms with Crippen LogP contribution in [0.1, 0.15) is 36.7 Å². The number of hydrogen-bond donors (Lipinski definition) is 2. The molecular weight excluding hydrogens is 328 g/mol. The molecule has 1 atom stereocenters. The number of ether oxygens (including phenoxy) is 1. The zero-order valence-corrected chi connectivity index (χ0v) is 15.7. The summed E-state index contributed by atoms with van der Waals surface area (Å²) < 4.78 is 5.67. The second-order valence-electron chi connectivity index (χ2n) is 6.75. The molecule has 26 heavy (non-hydrogen) atoms. The van der Waals surface area contributed by atoms with E-state index in [-0.39, 0.29) is 11.8 Å². The molecule has 0 aromatic heterocycles. The topological polar surface area (TPSA) is 67.4 Å². The van der Waals surface area contributed by atoms with Gasteiger partial charge in [-0.1, -0.05) is 26.0 Å². The molecule has 0 bridgehead atoms. The van der Waals surface area contributed by atoms with Crippen LogP contribution in [0.25, 0.3) is 0 Å². The lowest BCUT2D eigenvalue weighted by Crippen LogP contribution is -2.30. The molecule has 2 aromatic carbocycles. The first kappa shape index (κ1) is 19.5. The van der Waals surface area contributed by atoms with Gasteiger partial charge in [0, 0.05) is 17.8 Å². The molecule has 0 saturated heterocycles. The van der Waals surface area contributed by atoms with Gasteiger partial charge in [-0.25, -0.2) is 0 Å². The Bertz CT molecular complexity index is 754. The summed E-state index contributed by atoms with van der Waals surface area (Å²) in [6.45, 7) is 8.38. The lowest BCUT2D eigenvalue weighted by atomic mass is 10.1. The van der Waals surface area contributed by atoms with Crippen molar-refractivity contribution in [1.29, 1.82) is 0 Å². The predicted molar refractivity (Wildman–Crippen MR) is 104 cm³/mol. The fourth-order valence-electron chi connectivity index (χ4n) is 2.29. The third-order valence-corrected chi connectivity index (χ3v) is 3.76. The lowest BCUT2D eigenvalue weighted by Gasteiger charge is -2.15. The minimum absolute atomic E-state index is 0.118. The average molecular weight is 354 g/mol. The molecule has 2 N–H and O–H groups in total. The highest BCUT2D eigenvalue weighted by Crippen LogP contribution is 2.15. The van der Waals surface area contributed by atoms with Crippen LogP contribution >= 0.6 is 0 Å². The van der Waals surface area contributed by atoms with Crippen LogP contribution in [0.3, 0.4) is 0 Å². The summed E-state index contributed by atoms with van der Waals surface area (Å²) in [6.07, 6.45) is -0.634. The standard InChI is InChI=1S/C21H26N2O3/c1-14(2)13-22-21(25)17-8-10-18(11-9-17)23-20(24)16(4)26-19-7-5-6-15(3)12-19/h5-12,14,16H,13H2,1-4H3,(H,22,25)(H,23,24). The van der Waals surface area contributed by atoms with Crippen molar-refractivity contribution in [2.45, 2.75) is 33.8 Å². The van der Waals surface area contributed by atoms with Crippen LogP contribution in [0, 0.1) is 12.8 Å². The summed E-state index contributed by atoms with van der Waals surface area (Å²) in [5.41, 5.74) is 2.25. The summed E-state index contributed by atoms with van der Waals surface area (Å²) in [6, 6.07) is 14.4. The number of hydrogen-bond acceptors (Lipinski definition) is 3. The van der Waals surface area contributed by atoms with E-state index in [1.807, 2.05) is 45.0 Å². The minimum Gasteiger partial charge on any atom is -0.481 e. The number of nitrogens with one attached hydrogen (secondary N) is 2. The molecule has 5 nitrogen and oxygen atoms in total. The first-order valence-corrected chi connectivity index (χ1v) is 8.77. The third-order valence-electron chi connectivity index (χ3n) is 3.76. The molecule has 0 aliphatic heterocycles. The highest BCUT2D eigenvalue weighted by molar-refractivity contribution is 5.96. The predicted octanol–water partition coefficient (Wildman–Crippen LogP) is 3.79. The van der Waals surface area contributed by atoms with Gasteiger partial charge in [0.05, 0.1) is 0 Å². The van der Waals surface area contributed by atoms with Crippen molar-refractivity contribution in [3.05, 3.63) is 59.7 Å². The normalized spacial score (nSPS) is 11.7. The average Bonchev–Trinajstić information content (AvgIpc) is 2.60. The molecule has 2 rings (SSSR count). The van der Waals surface area contributed by atoms with Crippen molar-refractivity contribution in [2.24, 2.45) is 5.92 Å². The van der Waals surface area contributed by atoms with Crippen molar-refractivity contribution in [3.8, 4) is 5.75 Å². The number of amides is 2. The molecule has 1 unspecified atom stereocenters. The fraction of sp³-hybridized carbons (Fsp3) is 0.333. The molecular formula is C21H26N2O3. The SMILES string of the molecule is Cc1cccc(OC(C)C(=O)Nc2ccc(C(=O)NCC(C)C)cc2)c1. The highest BCUT2D eigenvalue weighted by Gasteiger charge is 2.15. The van der Waals surface area contributed by atoms with Gasteiger partial charge in [0.15, 0.2) is 6.10 Å². The number of aryl methyl sites for hydroxylation is 1. The van der Waals surface area contributed by atoms with E-state index in [0.29, 0.717) is 29.5 Å². The van der Waals surface area contributed by atoms with Crippen LogP contribution in [-0.4, -0.2) is 24.5 Å². The van der Waals surface area contributed by atoms with Gasteiger partial charge in [-0.2, -0.15) is 0 Å². The second kappa shape index (κ2) is 9.04. The summed E-state index contributed by atoms with van der Waals surface area (Å²) in [5.74, 6) is 0.688. The Hall–Kier alpha value is -2.82. The van der Waals surface area contributed by atoms with Crippen LogP contribution in [0.5, 0.6) is 5.75 Å². The summed E-state index contributed by atoms with van der Waals surface area (Å²) in [4.78, 5) is 24.3. The van der Waals surface area contributed by atoms with Crippen LogP contribution in [-0.2, 0) is 4.79 Å². The number of rotatable bonds is 7. The van der Waals surface area contributed by atoms with E-state index in [4.69, 9.17) is 4.74 Å². The molecule has 0 heterocycles. The Kier molecular flexibility index (Phi) is 6.78. The van der Waals surface area contributed by atoms with Crippen LogP contribution in [0.4, 0.5) is 5.69 Å². The molecule has 0 aliphatic carbocycles. The third kappa shape index (κ3) is 5.92. The van der Waals surface area contributed by atoms with Crippen molar-refractivity contribution >= 4 is 17.5 Å². The molecule has 0 radical (unpaired) electrons. The van der Waals surface area contributed by atoms with Gasteiger partial charge in [0.2, 0.25) is 0 Å². The maximum atomic E-state index is 12.3. The van der Waals surface area contributed by atoms with Gasteiger partial charge in [-0.05, 0) is 61.7 Å². The van der Waals surface area contributed by atoms with E-state index in [1.165, 1.54) is 0 Å². The van der Waals surface area contributed by atoms with Gasteiger partial charge < -0.3 is 15.4 Å². The number of anilines is 1. The van der Waals surface area contributed by atoms with Crippen molar-refractivity contribution in [2.75, 3.05) is 11.9 Å². The Morgan fingerprint density at radius 2 is 1.73 bits per heavy atom. The van der Waals surface area contributed by atoms with Gasteiger partial charge in [-0.3, -0.25) is 9.59 Å². The molecule has 0 fully saturated rings. The molecule has 0 aliphatic rings. The van der Waals surface area contributed by atoms with E-state index in [0.717, 1.165) is 5.56 Å². The van der Waals surface area contributed by atoms with E-state index < -0.39 is 6.10 Å². The first-order chi connectivity index (χ1) is 12.3. The number of benzene rings is 2. The molecule has 0 saturated carbocycles. The summed E-state index contributed by atoms with van der Waals surface area (Å²) in [7, 11) is 0. The minimum atomic E-state index is -0.634. The Labute approximate surface area is 154 Å². The van der Waals surface area contributed by atoms with Gasteiger partial charge >= 0.3 is 0 Å². The maximum Gasteiger partial charge on any atom is 0.265 e. The maximum absolute atomic E-state index is 12.3. The lowest BCUT2D eigenvalue weighted by molar-refractivity contribution is -0.122. The first-order valence-electron chi connectivity index (χ1n) is 8.77. The highest BCUT2D eigenvalue weighted by atomic mass is 16.5. The summed E-state index contributed by atoms with van der Waals surface area (Å²) in [5, 5.41) is 5.66. The van der Waals surface area contributed by atoms with Crippen LogP contribution in [0.15, 0.2) is 48.5 Å². The van der Waals surface area contributed by atoms with E-state index in [1.54, 1.807) is 31.2 Å². The Balaban J connectivity index is 1.91. The van der Waals surface area contributed by atoms with Gasteiger partial charge in [0.25, 0.3) is 11.8 Å². The van der Waals surface area contributed by atoms with Crippen LogP contribution in [0.2, 0.25) is 0 Å². The zero-order chi connectivity index (χ0) is 19.1. The van der Waals surface area contributed by atoms with Crippen molar-refractivity contribution in [1.82, 2.24) is 5.32 Å². The second-order valence-corrected chi connectivity index (χ2v) is 6.75. The van der Waals surface area contributed by atoms with E-state index in [9.17, 15) is 9.59 Å². The molecule has 0 spiro atoms. The monoisotopic (exact) mass is 354 g/mol. The molecule has 138 valence electrons. The van der Waals surface area contributed by atoms with E-state index in [2.05, 4.69) is 10.6 Å². The number of carbonyl (C=O) groups excluding carboxylic acids is 2. The number of carbonyl (C=O) groups is 2. The zero-order valence-electron chi connectivity index (χ0n) is 15.7. The molecule has 2 amide bonds. The van der Waals surface area contributed by atoms with Crippen molar-refractivity contribution < 1.29 is 14.3 Å². The fourth-order valence-corrected chi connectivity index (χ4v) is 2.29. The quantitative estimate of drug-likeness (QED) is 0.795. The summed E-state index contributed by atoms with van der Waals surface area (Å²) >= 11 is 0. The van der Waals surface area contributed by atoms with Gasteiger partial charge in [0.1, 0.15) is 5.75 Å². The van der Waals surface area contributed by atoms with Crippen molar-refractivity contribution in [3.63, 3.8) is 0 Å².